The molecule has 0 spiro atoms. The van der Waals surface area contributed by atoms with Gasteiger partial charge in [0.1, 0.15) is 0 Å². The summed E-state index contributed by atoms with van der Waals surface area (Å²) >= 11 is 0. The fraction of sp³-hybridized carbons (Fsp3) is 0.579. The van der Waals surface area contributed by atoms with Gasteiger partial charge in [-0.05, 0) is 45.2 Å². The first-order valence-corrected chi connectivity index (χ1v) is 9.55. The number of hydrogen-bond donors (Lipinski definition) is 3. The lowest BCUT2D eigenvalue weighted by molar-refractivity contribution is 0.0921. The average molecular weight is 373 g/mol. The average Bonchev–Trinajstić information content (AvgIpc) is 2.62. The Morgan fingerprint density at radius 2 is 2.15 bits per heavy atom. The van der Waals surface area contributed by atoms with Crippen LogP contribution >= 0.6 is 0 Å². The van der Waals surface area contributed by atoms with Crippen LogP contribution in [0, 0.1) is 0 Å². The number of carbonyl (C=O) groups excluding carboxylic acids is 1. The second-order valence-corrected chi connectivity index (χ2v) is 7.42. The Morgan fingerprint density at radius 3 is 2.78 bits per heavy atom. The van der Waals surface area contributed by atoms with Gasteiger partial charge in [-0.1, -0.05) is 13.8 Å². The standard InChI is InChI=1S/C19H27N5O3/c1-5-24-16-15(18(26)23-19(24)27)12(9-14(21-16)10(2)3)17(25)22-13-7-6-8-20-11(13)4/h9-11,13,20H,5-8H2,1-4H3,(H,22,25)(H,23,26,27). The minimum Gasteiger partial charge on any atom is -0.348 e. The molecule has 27 heavy (non-hydrogen) atoms. The molecular formula is C19H27N5O3. The molecule has 3 rings (SSSR count). The molecule has 2 aromatic heterocycles. The number of carbonyl (C=O) groups is 1. The molecule has 0 aromatic carbocycles. The third-order valence-electron chi connectivity index (χ3n) is 5.20. The SMILES string of the molecule is CCn1c(=O)[nH]c(=O)c2c(C(=O)NC3CCCNC3C)cc(C(C)C)nc21. The van der Waals surface area contributed by atoms with Crippen LogP contribution in [0.2, 0.25) is 0 Å². The number of piperidine rings is 1. The second-order valence-electron chi connectivity index (χ2n) is 7.42. The molecule has 8 heteroatoms. The van der Waals surface area contributed by atoms with E-state index in [0.717, 1.165) is 19.4 Å². The smallest absolute Gasteiger partial charge is 0.329 e. The molecule has 0 saturated carbocycles. The number of nitrogens with one attached hydrogen (secondary N) is 3. The predicted molar refractivity (Wildman–Crippen MR) is 104 cm³/mol. The molecule has 8 nitrogen and oxygen atoms in total. The number of fused-ring (bicyclic) bond motifs is 1. The zero-order valence-electron chi connectivity index (χ0n) is 16.3. The zero-order valence-corrected chi connectivity index (χ0v) is 16.3. The van der Waals surface area contributed by atoms with E-state index in [0.29, 0.717) is 12.2 Å². The monoisotopic (exact) mass is 373 g/mol. The molecule has 2 aromatic rings. The molecule has 0 aliphatic carbocycles. The van der Waals surface area contributed by atoms with E-state index in [1.54, 1.807) is 13.0 Å². The van der Waals surface area contributed by atoms with Gasteiger partial charge in [0.05, 0.1) is 10.9 Å². The lowest BCUT2D eigenvalue weighted by atomic mass is 9.98. The van der Waals surface area contributed by atoms with Gasteiger partial charge in [-0.25, -0.2) is 9.78 Å². The minimum atomic E-state index is -0.581. The summed E-state index contributed by atoms with van der Waals surface area (Å²) in [6, 6.07) is 1.82. The lowest BCUT2D eigenvalue weighted by Crippen LogP contribution is -2.52. The van der Waals surface area contributed by atoms with Crippen LogP contribution in [0.5, 0.6) is 0 Å². The van der Waals surface area contributed by atoms with E-state index in [1.807, 2.05) is 20.8 Å². The fourth-order valence-electron chi connectivity index (χ4n) is 3.55. The number of aryl methyl sites for hydroxylation is 1. The summed E-state index contributed by atoms with van der Waals surface area (Å²) in [4.78, 5) is 44.6. The summed E-state index contributed by atoms with van der Waals surface area (Å²) in [6.45, 7) is 9.06. The van der Waals surface area contributed by atoms with E-state index in [2.05, 4.69) is 20.6 Å². The van der Waals surface area contributed by atoms with Crippen LogP contribution in [0.15, 0.2) is 15.7 Å². The third-order valence-corrected chi connectivity index (χ3v) is 5.20. The minimum absolute atomic E-state index is 0.00636. The number of amides is 1. The van der Waals surface area contributed by atoms with E-state index in [4.69, 9.17) is 0 Å². The van der Waals surface area contributed by atoms with Gasteiger partial charge in [0, 0.05) is 24.3 Å². The van der Waals surface area contributed by atoms with E-state index in [-0.39, 0.29) is 40.5 Å². The van der Waals surface area contributed by atoms with Gasteiger partial charge in [-0.3, -0.25) is 19.1 Å². The molecule has 0 radical (unpaired) electrons. The van der Waals surface area contributed by atoms with Gasteiger partial charge in [0.2, 0.25) is 0 Å². The third kappa shape index (κ3) is 3.66. The predicted octanol–water partition coefficient (Wildman–Crippen LogP) is 1.10. The molecule has 1 aliphatic heterocycles. The van der Waals surface area contributed by atoms with Gasteiger partial charge < -0.3 is 10.6 Å². The Labute approximate surface area is 157 Å². The molecule has 146 valence electrons. The molecule has 2 atom stereocenters. The number of rotatable bonds is 4. The van der Waals surface area contributed by atoms with E-state index >= 15 is 0 Å². The number of hydrogen-bond acceptors (Lipinski definition) is 5. The van der Waals surface area contributed by atoms with Gasteiger partial charge in [0.15, 0.2) is 5.65 Å². The Hall–Kier alpha value is -2.48. The summed E-state index contributed by atoms with van der Waals surface area (Å²) < 4.78 is 1.39. The van der Waals surface area contributed by atoms with Crippen molar-refractivity contribution in [1.82, 2.24) is 25.2 Å². The maximum atomic E-state index is 13.1. The van der Waals surface area contributed by atoms with Crippen LogP contribution < -0.4 is 21.9 Å². The second kappa shape index (κ2) is 7.64. The first-order valence-electron chi connectivity index (χ1n) is 9.55. The van der Waals surface area contributed by atoms with Crippen LogP contribution in [0.3, 0.4) is 0 Å². The Morgan fingerprint density at radius 1 is 1.41 bits per heavy atom. The highest BCUT2D eigenvalue weighted by Gasteiger charge is 2.25. The molecule has 1 saturated heterocycles. The van der Waals surface area contributed by atoms with Crippen molar-refractivity contribution >= 4 is 16.9 Å². The van der Waals surface area contributed by atoms with Crippen LogP contribution in [0.25, 0.3) is 11.0 Å². The zero-order chi connectivity index (χ0) is 19.7. The summed E-state index contributed by atoms with van der Waals surface area (Å²) in [6.07, 6.45) is 1.87. The summed E-state index contributed by atoms with van der Waals surface area (Å²) in [5.41, 5.74) is 0.111. The molecule has 3 heterocycles. The maximum absolute atomic E-state index is 13.1. The van der Waals surface area contributed by atoms with Crippen molar-refractivity contribution in [2.45, 2.75) is 65.1 Å². The summed E-state index contributed by atoms with van der Waals surface area (Å²) in [5, 5.41) is 6.57. The highest BCUT2D eigenvalue weighted by molar-refractivity contribution is 6.05. The number of nitrogens with zero attached hydrogens (tertiary/aromatic N) is 2. The normalized spacial score (nSPS) is 20.2. The highest BCUT2D eigenvalue weighted by Crippen LogP contribution is 2.20. The van der Waals surface area contributed by atoms with Gasteiger partial charge in [0.25, 0.3) is 11.5 Å². The maximum Gasteiger partial charge on any atom is 0.329 e. The summed E-state index contributed by atoms with van der Waals surface area (Å²) in [5.74, 6) is -0.257. The van der Waals surface area contributed by atoms with Crippen LogP contribution in [0.1, 0.15) is 62.5 Å². The number of aromatic amines is 1. The largest absolute Gasteiger partial charge is 0.348 e. The first-order chi connectivity index (χ1) is 12.8. The van der Waals surface area contributed by atoms with Crippen LogP contribution in [0.4, 0.5) is 0 Å². The van der Waals surface area contributed by atoms with Gasteiger partial charge in [-0.15, -0.1) is 0 Å². The van der Waals surface area contributed by atoms with Crippen molar-refractivity contribution in [2.24, 2.45) is 0 Å². The van der Waals surface area contributed by atoms with E-state index in [9.17, 15) is 14.4 Å². The molecule has 2 unspecified atom stereocenters. The van der Waals surface area contributed by atoms with Crippen molar-refractivity contribution in [2.75, 3.05) is 6.54 Å². The molecule has 1 amide bonds. The quantitative estimate of drug-likeness (QED) is 0.744. The number of pyridine rings is 1. The Kier molecular flexibility index (Phi) is 5.46. The molecule has 3 N–H and O–H groups in total. The summed E-state index contributed by atoms with van der Waals surface area (Å²) in [7, 11) is 0. The Bertz CT molecular complexity index is 976. The van der Waals surface area contributed by atoms with Gasteiger partial charge >= 0.3 is 5.69 Å². The number of aromatic nitrogens is 3. The van der Waals surface area contributed by atoms with E-state index < -0.39 is 11.2 Å². The van der Waals surface area contributed by atoms with Crippen LogP contribution in [-0.4, -0.2) is 39.1 Å². The van der Waals surface area contributed by atoms with Crippen LogP contribution in [-0.2, 0) is 6.54 Å². The molecule has 1 aliphatic rings. The molecule has 0 bridgehead atoms. The van der Waals surface area contributed by atoms with Gasteiger partial charge in [-0.2, -0.15) is 0 Å². The van der Waals surface area contributed by atoms with Crippen molar-refractivity contribution in [3.63, 3.8) is 0 Å². The first kappa shape index (κ1) is 19.3. The highest BCUT2D eigenvalue weighted by atomic mass is 16.2. The topological polar surface area (TPSA) is 109 Å². The van der Waals surface area contributed by atoms with Crippen molar-refractivity contribution < 1.29 is 4.79 Å². The van der Waals surface area contributed by atoms with E-state index in [1.165, 1.54) is 4.57 Å². The van der Waals surface area contributed by atoms with Crippen molar-refractivity contribution in [3.8, 4) is 0 Å². The molecule has 1 fully saturated rings. The van der Waals surface area contributed by atoms with Crippen molar-refractivity contribution in [1.29, 1.82) is 0 Å². The fourth-order valence-corrected chi connectivity index (χ4v) is 3.55. The van der Waals surface area contributed by atoms with Crippen molar-refractivity contribution in [3.05, 3.63) is 38.2 Å². The molecular weight excluding hydrogens is 346 g/mol. The Balaban J connectivity index is 2.17. The number of H-pyrrole nitrogens is 1. The lowest BCUT2D eigenvalue weighted by Gasteiger charge is -2.30.